The van der Waals surface area contributed by atoms with Gasteiger partial charge in [0.05, 0.1) is 17.3 Å². The van der Waals surface area contributed by atoms with Crippen LogP contribution in [-0.4, -0.2) is 60.1 Å². The molecule has 0 unspecified atom stereocenters. The molecule has 0 bridgehead atoms. The molecule has 1 aliphatic rings. The summed E-state index contributed by atoms with van der Waals surface area (Å²) in [7, 11) is 2.08. The summed E-state index contributed by atoms with van der Waals surface area (Å²) < 4.78 is 0. The molecular formula is C15H22ClN3O2. The summed E-state index contributed by atoms with van der Waals surface area (Å²) in [6, 6.07) is 5.08. The molecule has 0 saturated carbocycles. The number of carbonyl (C=O) groups is 1. The van der Waals surface area contributed by atoms with E-state index in [0.717, 1.165) is 25.9 Å². The van der Waals surface area contributed by atoms with E-state index < -0.39 is 0 Å². The van der Waals surface area contributed by atoms with Crippen LogP contribution in [0.15, 0.2) is 18.2 Å². The molecule has 0 aliphatic carbocycles. The molecule has 1 heterocycles. The lowest BCUT2D eigenvalue weighted by Crippen LogP contribution is -2.47. The summed E-state index contributed by atoms with van der Waals surface area (Å²) >= 11 is 5.90. The number of aliphatic hydroxyl groups is 1. The number of piperidine rings is 1. The Morgan fingerprint density at radius 3 is 2.71 bits per heavy atom. The number of hydrogen-bond donors (Lipinski definition) is 2. The van der Waals surface area contributed by atoms with E-state index in [9.17, 15) is 9.90 Å². The molecule has 2 rings (SSSR count). The van der Waals surface area contributed by atoms with Crippen molar-refractivity contribution in [3.8, 4) is 0 Å². The Hall–Kier alpha value is -1.30. The normalized spacial score (nSPS) is 16.9. The molecule has 5 nitrogen and oxygen atoms in total. The van der Waals surface area contributed by atoms with Gasteiger partial charge in [0.25, 0.3) is 5.91 Å². The minimum atomic E-state index is -0.0954. The number of nitrogens with zero attached hydrogens (tertiary/aromatic N) is 2. The van der Waals surface area contributed by atoms with Crippen molar-refractivity contribution in [1.82, 2.24) is 9.80 Å². The van der Waals surface area contributed by atoms with Crippen molar-refractivity contribution in [2.75, 3.05) is 39.0 Å². The van der Waals surface area contributed by atoms with Crippen LogP contribution in [0.2, 0.25) is 5.02 Å². The van der Waals surface area contributed by atoms with Crippen LogP contribution >= 0.6 is 11.6 Å². The molecule has 0 aromatic heterocycles. The van der Waals surface area contributed by atoms with Gasteiger partial charge in [-0.2, -0.15) is 0 Å². The third-order valence-electron chi connectivity index (χ3n) is 3.97. The minimum Gasteiger partial charge on any atom is -0.398 e. The first kappa shape index (κ1) is 16.1. The monoisotopic (exact) mass is 311 g/mol. The highest BCUT2D eigenvalue weighted by Gasteiger charge is 2.27. The van der Waals surface area contributed by atoms with E-state index in [1.165, 1.54) is 0 Å². The second-order valence-electron chi connectivity index (χ2n) is 5.49. The topological polar surface area (TPSA) is 69.8 Å². The van der Waals surface area contributed by atoms with Crippen LogP contribution in [0, 0.1) is 0 Å². The summed E-state index contributed by atoms with van der Waals surface area (Å²) in [5.41, 5.74) is 6.69. The maximum Gasteiger partial charge on any atom is 0.254 e. The zero-order valence-electron chi connectivity index (χ0n) is 12.3. The van der Waals surface area contributed by atoms with Gasteiger partial charge in [0.1, 0.15) is 0 Å². The lowest BCUT2D eigenvalue weighted by atomic mass is 10.0. The average molecular weight is 312 g/mol. The number of rotatable bonds is 4. The van der Waals surface area contributed by atoms with Gasteiger partial charge in [0, 0.05) is 18.2 Å². The first-order valence-corrected chi connectivity index (χ1v) is 7.56. The number of aliphatic hydroxyl groups excluding tert-OH is 1. The van der Waals surface area contributed by atoms with Crippen molar-refractivity contribution in [3.63, 3.8) is 0 Å². The predicted molar refractivity (Wildman–Crippen MR) is 84.5 cm³/mol. The summed E-state index contributed by atoms with van der Waals surface area (Å²) in [5.74, 6) is -0.0954. The number of nitrogen functional groups attached to an aromatic ring is 1. The van der Waals surface area contributed by atoms with Crippen LogP contribution in [0.25, 0.3) is 0 Å². The number of amides is 1. The van der Waals surface area contributed by atoms with Gasteiger partial charge < -0.3 is 20.6 Å². The summed E-state index contributed by atoms with van der Waals surface area (Å²) in [4.78, 5) is 16.7. The van der Waals surface area contributed by atoms with Crippen molar-refractivity contribution in [2.45, 2.75) is 18.9 Å². The number of anilines is 1. The number of halogens is 1. The van der Waals surface area contributed by atoms with Gasteiger partial charge in [-0.15, -0.1) is 0 Å². The van der Waals surface area contributed by atoms with Crippen LogP contribution in [0.1, 0.15) is 23.2 Å². The fourth-order valence-electron chi connectivity index (χ4n) is 2.71. The zero-order valence-corrected chi connectivity index (χ0v) is 13.0. The number of carbonyl (C=O) groups excluding carboxylic acids is 1. The van der Waals surface area contributed by atoms with E-state index >= 15 is 0 Å². The smallest absolute Gasteiger partial charge is 0.254 e. The van der Waals surface area contributed by atoms with E-state index in [1.807, 2.05) is 0 Å². The Kier molecular flexibility index (Phi) is 5.45. The summed E-state index contributed by atoms with van der Waals surface area (Å²) in [6.07, 6.45) is 1.84. The molecule has 21 heavy (non-hydrogen) atoms. The van der Waals surface area contributed by atoms with Gasteiger partial charge >= 0.3 is 0 Å². The number of likely N-dealkylation sites (tertiary alicyclic amines) is 1. The molecule has 1 saturated heterocycles. The number of nitrogens with two attached hydrogens (primary N) is 1. The third kappa shape index (κ3) is 3.87. The molecule has 0 radical (unpaired) electrons. The maximum absolute atomic E-state index is 12.7. The SMILES string of the molecule is CN1CCC(N(CCO)C(=O)c2ccc(Cl)c(N)c2)CC1. The lowest BCUT2D eigenvalue weighted by molar-refractivity contribution is 0.0540. The molecule has 0 spiro atoms. The fourth-order valence-corrected chi connectivity index (χ4v) is 2.82. The minimum absolute atomic E-state index is 0.0405. The molecule has 1 amide bonds. The van der Waals surface area contributed by atoms with Gasteiger partial charge in [0.15, 0.2) is 0 Å². The predicted octanol–water partition coefficient (Wildman–Crippen LogP) is 1.45. The Morgan fingerprint density at radius 2 is 2.14 bits per heavy atom. The quantitative estimate of drug-likeness (QED) is 0.826. The van der Waals surface area contributed by atoms with Gasteiger partial charge in [0.2, 0.25) is 0 Å². The average Bonchev–Trinajstić information content (AvgIpc) is 2.48. The molecular weight excluding hydrogens is 290 g/mol. The molecule has 0 atom stereocenters. The van der Waals surface area contributed by atoms with Crippen molar-refractivity contribution in [2.24, 2.45) is 0 Å². The molecule has 116 valence electrons. The largest absolute Gasteiger partial charge is 0.398 e. The van der Waals surface area contributed by atoms with Crippen molar-refractivity contribution < 1.29 is 9.90 Å². The van der Waals surface area contributed by atoms with Crippen molar-refractivity contribution in [1.29, 1.82) is 0 Å². The first-order valence-electron chi connectivity index (χ1n) is 7.18. The standard InChI is InChI=1S/C15H22ClN3O2/c1-18-6-4-12(5-7-18)19(8-9-20)15(21)11-2-3-13(16)14(17)10-11/h2-3,10,12,20H,4-9,17H2,1H3. The number of benzene rings is 1. The van der Waals surface area contributed by atoms with Crippen LogP contribution in [0.5, 0.6) is 0 Å². The van der Waals surface area contributed by atoms with Crippen LogP contribution in [0.3, 0.4) is 0 Å². The maximum atomic E-state index is 12.7. The van der Waals surface area contributed by atoms with Gasteiger partial charge in [-0.25, -0.2) is 0 Å². The van der Waals surface area contributed by atoms with Crippen LogP contribution < -0.4 is 5.73 Å². The van der Waals surface area contributed by atoms with E-state index in [2.05, 4.69) is 11.9 Å². The van der Waals surface area contributed by atoms with E-state index in [4.69, 9.17) is 17.3 Å². The molecule has 3 N–H and O–H groups in total. The highest BCUT2D eigenvalue weighted by atomic mass is 35.5. The lowest BCUT2D eigenvalue weighted by Gasteiger charge is -2.37. The van der Waals surface area contributed by atoms with Crippen LogP contribution in [-0.2, 0) is 0 Å². The van der Waals surface area contributed by atoms with Gasteiger partial charge in [-0.1, -0.05) is 11.6 Å². The zero-order chi connectivity index (χ0) is 15.4. The Bertz CT molecular complexity index is 502. The van der Waals surface area contributed by atoms with E-state index in [1.54, 1.807) is 23.1 Å². The Balaban J connectivity index is 2.16. The third-order valence-corrected chi connectivity index (χ3v) is 4.32. The van der Waals surface area contributed by atoms with Crippen molar-refractivity contribution >= 4 is 23.2 Å². The molecule has 1 aromatic carbocycles. The second-order valence-corrected chi connectivity index (χ2v) is 5.90. The fraction of sp³-hybridized carbons (Fsp3) is 0.533. The first-order chi connectivity index (χ1) is 10.0. The van der Waals surface area contributed by atoms with E-state index in [0.29, 0.717) is 22.8 Å². The highest BCUT2D eigenvalue weighted by Crippen LogP contribution is 2.23. The molecule has 1 aromatic rings. The summed E-state index contributed by atoms with van der Waals surface area (Å²) in [5, 5.41) is 9.71. The number of hydrogen-bond acceptors (Lipinski definition) is 4. The summed E-state index contributed by atoms with van der Waals surface area (Å²) in [6.45, 7) is 2.22. The van der Waals surface area contributed by atoms with Gasteiger partial charge in [-0.05, 0) is 51.2 Å². The second kappa shape index (κ2) is 7.11. The highest BCUT2D eigenvalue weighted by molar-refractivity contribution is 6.33. The van der Waals surface area contributed by atoms with Gasteiger partial charge in [-0.3, -0.25) is 4.79 Å². The van der Waals surface area contributed by atoms with E-state index in [-0.39, 0.29) is 18.6 Å². The molecule has 6 heteroatoms. The van der Waals surface area contributed by atoms with Crippen LogP contribution in [0.4, 0.5) is 5.69 Å². The van der Waals surface area contributed by atoms with Crippen molar-refractivity contribution in [3.05, 3.63) is 28.8 Å². The Morgan fingerprint density at radius 1 is 1.48 bits per heavy atom. The Labute approximate surface area is 130 Å². The molecule has 1 aliphatic heterocycles. The molecule has 1 fully saturated rings.